The van der Waals surface area contributed by atoms with Crippen LogP contribution >= 0.6 is 27.3 Å². The number of nitrogens with zero attached hydrogens (tertiary/aromatic N) is 2. The number of amides is 1. The second kappa shape index (κ2) is 4.81. The van der Waals surface area contributed by atoms with Gasteiger partial charge in [0.2, 0.25) is 0 Å². The fourth-order valence-corrected chi connectivity index (χ4v) is 3.14. The van der Waals surface area contributed by atoms with Crippen molar-refractivity contribution in [3.8, 4) is 0 Å². The second-order valence-corrected chi connectivity index (χ2v) is 7.84. The standard InChI is InChI=1S/C12H17BrN2O2S/c1-7-9(13)18-10(14-7)8-5-15(6-8)11(16)17-12(2,3)4/h8H,5-6H2,1-4H3. The van der Waals surface area contributed by atoms with E-state index < -0.39 is 5.60 Å². The number of likely N-dealkylation sites (tertiary alicyclic amines) is 1. The number of halogens is 1. The molecule has 100 valence electrons. The van der Waals surface area contributed by atoms with Crippen molar-refractivity contribution < 1.29 is 9.53 Å². The Labute approximate surface area is 119 Å². The van der Waals surface area contributed by atoms with Gasteiger partial charge in [-0.05, 0) is 43.6 Å². The molecule has 4 nitrogen and oxygen atoms in total. The van der Waals surface area contributed by atoms with E-state index in [1.54, 1.807) is 16.2 Å². The van der Waals surface area contributed by atoms with E-state index >= 15 is 0 Å². The van der Waals surface area contributed by atoms with Crippen LogP contribution in [0.1, 0.15) is 37.4 Å². The van der Waals surface area contributed by atoms with Gasteiger partial charge in [0.05, 0.1) is 9.48 Å². The van der Waals surface area contributed by atoms with E-state index in [1.165, 1.54) is 0 Å². The highest BCUT2D eigenvalue weighted by molar-refractivity contribution is 9.11. The molecule has 1 aromatic heterocycles. The van der Waals surface area contributed by atoms with Crippen LogP contribution in [-0.2, 0) is 4.74 Å². The number of hydrogen-bond acceptors (Lipinski definition) is 4. The van der Waals surface area contributed by atoms with Crippen molar-refractivity contribution in [2.45, 2.75) is 39.2 Å². The molecule has 0 saturated carbocycles. The molecule has 0 aliphatic carbocycles. The summed E-state index contributed by atoms with van der Waals surface area (Å²) < 4.78 is 6.39. The number of carbonyl (C=O) groups excluding carboxylic acids is 1. The number of thiazole rings is 1. The van der Waals surface area contributed by atoms with E-state index in [0.29, 0.717) is 19.0 Å². The normalized spacial score (nSPS) is 16.6. The van der Waals surface area contributed by atoms with Crippen molar-refractivity contribution in [2.75, 3.05) is 13.1 Å². The molecule has 2 rings (SSSR count). The zero-order chi connectivity index (χ0) is 13.5. The van der Waals surface area contributed by atoms with Crippen molar-refractivity contribution >= 4 is 33.4 Å². The molecule has 1 aromatic rings. The van der Waals surface area contributed by atoms with E-state index in [4.69, 9.17) is 4.74 Å². The molecule has 0 N–H and O–H groups in total. The molecule has 6 heteroatoms. The number of hydrogen-bond donors (Lipinski definition) is 0. The third-order valence-electron chi connectivity index (χ3n) is 2.64. The Kier molecular flexibility index (Phi) is 3.69. The Morgan fingerprint density at radius 1 is 1.50 bits per heavy atom. The van der Waals surface area contributed by atoms with Gasteiger partial charge in [-0.2, -0.15) is 0 Å². The highest BCUT2D eigenvalue weighted by Crippen LogP contribution is 2.34. The number of carbonyl (C=O) groups is 1. The van der Waals surface area contributed by atoms with Crippen LogP contribution in [0.4, 0.5) is 4.79 Å². The minimum Gasteiger partial charge on any atom is -0.444 e. The molecule has 18 heavy (non-hydrogen) atoms. The van der Waals surface area contributed by atoms with Crippen LogP contribution in [0, 0.1) is 6.92 Å². The van der Waals surface area contributed by atoms with Crippen molar-refractivity contribution in [1.82, 2.24) is 9.88 Å². The van der Waals surface area contributed by atoms with Crippen molar-refractivity contribution in [3.05, 3.63) is 14.5 Å². The highest BCUT2D eigenvalue weighted by atomic mass is 79.9. The lowest BCUT2D eigenvalue weighted by atomic mass is 10.0. The predicted octanol–water partition coefficient (Wildman–Crippen LogP) is 3.55. The second-order valence-electron chi connectivity index (χ2n) is 5.49. The molecule has 2 heterocycles. The molecular formula is C12H17BrN2O2S. The molecule has 0 spiro atoms. The molecule has 0 unspecified atom stereocenters. The zero-order valence-electron chi connectivity index (χ0n) is 11.0. The molecule has 1 fully saturated rings. The maximum absolute atomic E-state index is 11.8. The maximum Gasteiger partial charge on any atom is 0.410 e. The summed E-state index contributed by atoms with van der Waals surface area (Å²) in [5, 5.41) is 1.10. The fraction of sp³-hybridized carbons (Fsp3) is 0.667. The van der Waals surface area contributed by atoms with Crippen LogP contribution in [0.15, 0.2) is 3.79 Å². The van der Waals surface area contributed by atoms with Gasteiger partial charge in [0.25, 0.3) is 0 Å². The van der Waals surface area contributed by atoms with Gasteiger partial charge in [-0.25, -0.2) is 9.78 Å². The minimum atomic E-state index is -0.428. The SMILES string of the molecule is Cc1nc(C2CN(C(=O)OC(C)(C)C)C2)sc1Br. The third-order valence-corrected chi connectivity index (χ3v) is 4.81. The summed E-state index contributed by atoms with van der Waals surface area (Å²) in [6.45, 7) is 9.02. The van der Waals surface area contributed by atoms with Crippen LogP contribution in [0.25, 0.3) is 0 Å². The van der Waals surface area contributed by atoms with E-state index in [1.807, 2.05) is 27.7 Å². The van der Waals surface area contributed by atoms with Crippen LogP contribution in [0.3, 0.4) is 0 Å². The Balaban J connectivity index is 1.89. The Morgan fingerprint density at radius 2 is 2.11 bits per heavy atom. The summed E-state index contributed by atoms with van der Waals surface area (Å²) in [5.41, 5.74) is 0.592. The Hall–Kier alpha value is -0.620. The molecule has 1 saturated heterocycles. The van der Waals surface area contributed by atoms with Gasteiger partial charge < -0.3 is 9.64 Å². The molecule has 1 aliphatic heterocycles. The average molecular weight is 333 g/mol. The zero-order valence-corrected chi connectivity index (χ0v) is 13.4. The summed E-state index contributed by atoms with van der Waals surface area (Å²) in [5.74, 6) is 0.354. The van der Waals surface area contributed by atoms with Crippen LogP contribution < -0.4 is 0 Å². The third kappa shape index (κ3) is 3.03. The molecule has 1 amide bonds. The van der Waals surface area contributed by atoms with Crippen molar-refractivity contribution in [2.24, 2.45) is 0 Å². The van der Waals surface area contributed by atoms with Crippen LogP contribution in [-0.4, -0.2) is 34.7 Å². The smallest absolute Gasteiger partial charge is 0.410 e. The van der Waals surface area contributed by atoms with Gasteiger partial charge in [-0.1, -0.05) is 0 Å². The van der Waals surface area contributed by atoms with Crippen LogP contribution in [0.2, 0.25) is 0 Å². The molecule has 0 bridgehead atoms. The number of ether oxygens (including phenoxy) is 1. The molecule has 0 atom stereocenters. The fourth-order valence-electron chi connectivity index (χ4n) is 1.68. The first-order chi connectivity index (χ1) is 8.26. The van der Waals surface area contributed by atoms with E-state index in [2.05, 4.69) is 20.9 Å². The lowest BCUT2D eigenvalue weighted by molar-refractivity contribution is 0.00818. The van der Waals surface area contributed by atoms with Gasteiger partial charge in [0, 0.05) is 19.0 Å². The molecular weight excluding hydrogens is 316 g/mol. The molecule has 0 aromatic carbocycles. The van der Waals surface area contributed by atoms with Crippen molar-refractivity contribution in [3.63, 3.8) is 0 Å². The van der Waals surface area contributed by atoms with Crippen molar-refractivity contribution in [1.29, 1.82) is 0 Å². The minimum absolute atomic E-state index is 0.230. The lowest BCUT2D eigenvalue weighted by Crippen LogP contribution is -2.50. The summed E-state index contributed by atoms with van der Waals surface area (Å²) in [6, 6.07) is 0. The first kappa shape index (κ1) is 13.8. The maximum atomic E-state index is 11.8. The Bertz CT molecular complexity index is 442. The van der Waals surface area contributed by atoms with Gasteiger partial charge in [-0.3, -0.25) is 0 Å². The van der Waals surface area contributed by atoms with E-state index in [-0.39, 0.29) is 6.09 Å². The van der Waals surface area contributed by atoms with Gasteiger partial charge in [0.1, 0.15) is 10.6 Å². The monoisotopic (exact) mass is 332 g/mol. The summed E-state index contributed by atoms with van der Waals surface area (Å²) in [6.07, 6.45) is -0.230. The lowest BCUT2D eigenvalue weighted by Gasteiger charge is -2.38. The van der Waals surface area contributed by atoms with Crippen LogP contribution in [0.5, 0.6) is 0 Å². The predicted molar refractivity (Wildman–Crippen MR) is 75.1 cm³/mol. The Morgan fingerprint density at radius 3 is 2.56 bits per heavy atom. The largest absolute Gasteiger partial charge is 0.444 e. The van der Waals surface area contributed by atoms with Gasteiger partial charge in [-0.15, -0.1) is 11.3 Å². The summed E-state index contributed by atoms with van der Waals surface area (Å²) >= 11 is 5.12. The number of aromatic nitrogens is 1. The molecule has 0 radical (unpaired) electrons. The summed E-state index contributed by atoms with van der Waals surface area (Å²) in [7, 11) is 0. The highest BCUT2D eigenvalue weighted by Gasteiger charge is 2.36. The first-order valence-corrected chi connectivity index (χ1v) is 7.48. The topological polar surface area (TPSA) is 42.4 Å². The average Bonchev–Trinajstić information content (AvgIpc) is 2.40. The quantitative estimate of drug-likeness (QED) is 0.789. The molecule has 1 aliphatic rings. The van der Waals surface area contributed by atoms with Gasteiger partial charge >= 0.3 is 6.09 Å². The number of rotatable bonds is 1. The number of aryl methyl sites for hydroxylation is 1. The van der Waals surface area contributed by atoms with E-state index in [0.717, 1.165) is 14.5 Å². The van der Waals surface area contributed by atoms with E-state index in [9.17, 15) is 4.79 Å². The van der Waals surface area contributed by atoms with Gasteiger partial charge in [0.15, 0.2) is 0 Å². The summed E-state index contributed by atoms with van der Waals surface area (Å²) in [4.78, 5) is 18.0. The first-order valence-electron chi connectivity index (χ1n) is 5.87.